The molecule has 0 spiro atoms. The number of halogens is 3. The first-order chi connectivity index (χ1) is 21.8. The van der Waals surface area contributed by atoms with E-state index in [1.54, 1.807) is 6.07 Å². The third-order valence-corrected chi connectivity index (χ3v) is 11.1. The van der Waals surface area contributed by atoms with E-state index in [1.165, 1.54) is 102 Å². The van der Waals surface area contributed by atoms with E-state index in [0.29, 0.717) is 37.1 Å². The van der Waals surface area contributed by atoms with Crippen molar-refractivity contribution in [2.24, 2.45) is 22.6 Å². The molecule has 0 bridgehead atoms. The highest BCUT2D eigenvalue weighted by Gasteiger charge is 2.36. The molecule has 0 aromatic heterocycles. The highest BCUT2D eigenvalue weighted by Crippen LogP contribution is 2.33. The Labute approximate surface area is 295 Å². The van der Waals surface area contributed by atoms with Crippen LogP contribution in [0.5, 0.6) is 0 Å². The molecule has 2 aliphatic carbocycles. The smallest absolute Gasteiger partial charge is 0.370 e. The highest BCUT2D eigenvalue weighted by atomic mass is 32.1. The van der Waals surface area contributed by atoms with Gasteiger partial charge in [-0.05, 0) is 62.0 Å². The minimum Gasteiger partial charge on any atom is -0.370 e. The lowest BCUT2D eigenvalue weighted by Gasteiger charge is -2.30. The van der Waals surface area contributed by atoms with Crippen LogP contribution in [0.25, 0.3) is 0 Å². The van der Waals surface area contributed by atoms with Gasteiger partial charge in [-0.2, -0.15) is 40.2 Å². The number of unbranched alkanes of at least 4 members (excludes halogenated alkanes) is 2. The number of rotatable bonds is 15. The summed E-state index contributed by atoms with van der Waals surface area (Å²) in [5.74, 6) is 2.99. The molecule has 5 rings (SSSR count). The van der Waals surface area contributed by atoms with Crippen LogP contribution >= 0.6 is 27.0 Å². The Kier molecular flexibility index (Phi) is 16.4. The van der Waals surface area contributed by atoms with E-state index in [1.807, 2.05) is 0 Å². The van der Waals surface area contributed by atoms with Gasteiger partial charge in [-0.15, -0.1) is 0 Å². The van der Waals surface area contributed by atoms with Gasteiger partial charge in [-0.25, -0.2) is 0 Å². The van der Waals surface area contributed by atoms with Gasteiger partial charge >= 0.3 is 6.18 Å². The molecule has 268 valence electrons. The molecule has 0 unspecified atom stereocenters. The zero-order valence-electron chi connectivity index (χ0n) is 28.4. The molecule has 0 radical (unpaired) electrons. The van der Waals surface area contributed by atoms with Crippen molar-refractivity contribution < 1.29 is 13.2 Å². The van der Waals surface area contributed by atoms with Gasteiger partial charge in [0.2, 0.25) is 0 Å². The number of nitrogens with two attached hydrogens (primary N) is 1. The fourth-order valence-corrected chi connectivity index (χ4v) is 8.43. The van der Waals surface area contributed by atoms with Crippen LogP contribution in [0.3, 0.4) is 0 Å². The minimum absolute atomic E-state index is 0. The standard InChI is InChI=1S/C36H57F3N6.2H2S/c37-36(38,39)31-18-11-17-30(24-31)20-23-44-32(26-42-34(44)40)19-8-9-21-43-27-33(25-29-15-5-2-6-16-29)45(35(43)41)22-10-7-14-28-12-3-1-4-13-28;;/h11,17-18,24,28-29,32-33,41H,1-10,12-16,19-23,25-27H2,(H2,40,42);2*1H2/t32-,33-;;/m0../s1. The maximum atomic E-state index is 13.2. The second-order valence-corrected chi connectivity index (χ2v) is 14.3. The zero-order valence-corrected chi connectivity index (χ0v) is 30.4. The van der Waals surface area contributed by atoms with E-state index in [2.05, 4.69) is 19.7 Å². The minimum atomic E-state index is -4.33. The molecule has 4 aliphatic rings. The molecule has 2 heterocycles. The second-order valence-electron chi connectivity index (χ2n) is 14.3. The number of hydrogen-bond acceptors (Lipinski definition) is 4. The molecule has 47 heavy (non-hydrogen) atoms. The topological polar surface area (TPSA) is 71.9 Å². The van der Waals surface area contributed by atoms with Crippen molar-refractivity contribution in [2.75, 3.05) is 32.7 Å². The van der Waals surface area contributed by atoms with Gasteiger partial charge in [0.25, 0.3) is 0 Å². The SMILES string of the molecule is N=C1N(CCCC[C@H]2CN=C(N)N2CCc2cccc(C(F)(F)F)c2)C[C@H](CC2CCCCC2)N1CCCCC1CCCCC1.S.S. The monoisotopic (exact) mass is 698 g/mol. The Morgan fingerprint density at radius 3 is 2.15 bits per heavy atom. The van der Waals surface area contributed by atoms with E-state index in [-0.39, 0.29) is 33.0 Å². The predicted octanol–water partition coefficient (Wildman–Crippen LogP) is 8.28. The Morgan fingerprint density at radius 2 is 1.45 bits per heavy atom. The van der Waals surface area contributed by atoms with Crippen molar-refractivity contribution in [3.63, 3.8) is 0 Å². The Hall–Kier alpha value is -1.75. The number of hydrogen-bond donors (Lipinski definition) is 2. The third kappa shape index (κ3) is 11.7. The number of benzene rings is 1. The van der Waals surface area contributed by atoms with E-state index in [4.69, 9.17) is 11.1 Å². The number of nitrogens with one attached hydrogen (secondary N) is 1. The molecular weight excluding hydrogens is 638 g/mol. The molecular formula is C36H61F3N6S2. The van der Waals surface area contributed by atoms with E-state index < -0.39 is 11.7 Å². The summed E-state index contributed by atoms with van der Waals surface area (Å²) in [6.45, 7) is 4.13. The lowest BCUT2D eigenvalue weighted by molar-refractivity contribution is -0.137. The Morgan fingerprint density at radius 1 is 0.787 bits per heavy atom. The van der Waals surface area contributed by atoms with Crippen LogP contribution in [0.1, 0.15) is 120 Å². The summed E-state index contributed by atoms with van der Waals surface area (Å²) in [7, 11) is 0. The number of nitrogens with zero attached hydrogens (tertiary/aromatic N) is 4. The van der Waals surface area contributed by atoms with E-state index in [9.17, 15) is 13.2 Å². The highest BCUT2D eigenvalue weighted by molar-refractivity contribution is 7.59. The molecule has 1 aromatic carbocycles. The number of guanidine groups is 2. The first-order valence-electron chi connectivity index (χ1n) is 18.1. The molecule has 1 aromatic rings. The lowest BCUT2D eigenvalue weighted by atomic mass is 9.84. The molecule has 2 saturated carbocycles. The maximum Gasteiger partial charge on any atom is 0.416 e. The average Bonchev–Trinajstić information content (AvgIpc) is 3.54. The third-order valence-electron chi connectivity index (χ3n) is 11.1. The predicted molar refractivity (Wildman–Crippen MR) is 198 cm³/mol. The van der Waals surface area contributed by atoms with Crippen LogP contribution in [-0.4, -0.2) is 71.4 Å². The fourth-order valence-electron chi connectivity index (χ4n) is 8.43. The summed E-state index contributed by atoms with van der Waals surface area (Å²) >= 11 is 0. The summed E-state index contributed by atoms with van der Waals surface area (Å²) in [6.07, 6.45) is 18.2. The first kappa shape index (κ1) is 39.7. The summed E-state index contributed by atoms with van der Waals surface area (Å²) in [6, 6.07) is 6.25. The zero-order chi connectivity index (χ0) is 31.6. The lowest BCUT2D eigenvalue weighted by Crippen LogP contribution is -2.42. The van der Waals surface area contributed by atoms with Crippen molar-refractivity contribution in [1.29, 1.82) is 5.41 Å². The Bertz CT molecular complexity index is 1110. The van der Waals surface area contributed by atoms with Gasteiger partial charge in [0.15, 0.2) is 11.9 Å². The van der Waals surface area contributed by atoms with Crippen LogP contribution in [-0.2, 0) is 12.6 Å². The van der Waals surface area contributed by atoms with Crippen molar-refractivity contribution in [1.82, 2.24) is 14.7 Å². The average molecular weight is 699 g/mol. The molecule has 3 fully saturated rings. The van der Waals surface area contributed by atoms with Crippen molar-refractivity contribution in [3.05, 3.63) is 35.4 Å². The van der Waals surface area contributed by atoms with Crippen LogP contribution in [0.4, 0.5) is 13.2 Å². The molecule has 6 nitrogen and oxygen atoms in total. The van der Waals surface area contributed by atoms with Gasteiger partial charge in [0, 0.05) is 32.2 Å². The van der Waals surface area contributed by atoms with Crippen molar-refractivity contribution in [3.8, 4) is 0 Å². The first-order valence-corrected chi connectivity index (χ1v) is 18.1. The quantitative estimate of drug-likeness (QED) is 0.181. The molecule has 3 N–H and O–H groups in total. The molecule has 0 amide bonds. The summed E-state index contributed by atoms with van der Waals surface area (Å²) in [5, 5.41) is 9.13. The normalized spacial score (nSPS) is 22.7. The summed E-state index contributed by atoms with van der Waals surface area (Å²) in [5.41, 5.74) is 6.27. The molecule has 2 atom stereocenters. The van der Waals surface area contributed by atoms with E-state index in [0.717, 1.165) is 62.8 Å². The van der Waals surface area contributed by atoms with Gasteiger partial charge in [-0.3, -0.25) is 10.4 Å². The molecule has 1 saturated heterocycles. The second kappa shape index (κ2) is 19.4. The van der Waals surface area contributed by atoms with Crippen molar-refractivity contribution >= 4 is 38.9 Å². The molecule has 11 heteroatoms. The van der Waals surface area contributed by atoms with E-state index >= 15 is 0 Å². The van der Waals surface area contributed by atoms with Gasteiger partial charge in [-0.1, -0.05) is 95.2 Å². The number of aliphatic imine (C=N–C) groups is 1. The summed E-state index contributed by atoms with van der Waals surface area (Å²) in [4.78, 5) is 11.3. The fraction of sp³-hybridized carbons (Fsp3) is 0.778. The van der Waals surface area contributed by atoms with Gasteiger partial charge in [0.05, 0.1) is 18.2 Å². The van der Waals surface area contributed by atoms with Crippen LogP contribution in [0, 0.1) is 17.2 Å². The van der Waals surface area contributed by atoms with Gasteiger partial charge < -0.3 is 20.4 Å². The van der Waals surface area contributed by atoms with Crippen LogP contribution in [0.2, 0.25) is 0 Å². The van der Waals surface area contributed by atoms with Crippen molar-refractivity contribution in [2.45, 2.75) is 134 Å². The van der Waals surface area contributed by atoms with Crippen LogP contribution in [0.15, 0.2) is 29.3 Å². The maximum absolute atomic E-state index is 13.2. The summed E-state index contributed by atoms with van der Waals surface area (Å²) < 4.78 is 39.5. The largest absolute Gasteiger partial charge is 0.416 e. The van der Waals surface area contributed by atoms with Crippen LogP contribution < -0.4 is 5.73 Å². The number of alkyl halides is 3. The Balaban J connectivity index is 0.00000300. The van der Waals surface area contributed by atoms with Gasteiger partial charge in [0.1, 0.15) is 0 Å². The molecule has 2 aliphatic heterocycles.